The van der Waals surface area contributed by atoms with E-state index in [1.807, 2.05) is 0 Å². The summed E-state index contributed by atoms with van der Waals surface area (Å²) < 4.78 is 13.7. The molecule has 0 bridgehead atoms. The number of likely N-dealkylation sites (tertiary alicyclic amines) is 1. The number of benzene rings is 1. The molecule has 2 rings (SSSR count). The maximum Gasteiger partial charge on any atom is 0.257 e. The van der Waals surface area contributed by atoms with E-state index in [-0.39, 0.29) is 10.6 Å². The van der Waals surface area contributed by atoms with Crippen LogP contribution in [0, 0.1) is 5.82 Å². The number of nitrogens with two attached hydrogens (primary N) is 1. The summed E-state index contributed by atoms with van der Waals surface area (Å²) in [6.07, 6.45) is 2.12. The van der Waals surface area contributed by atoms with Crippen molar-refractivity contribution in [2.45, 2.75) is 25.3 Å². The van der Waals surface area contributed by atoms with Crippen LogP contribution in [0.4, 0.5) is 4.39 Å². The quantitative estimate of drug-likeness (QED) is 0.902. The van der Waals surface area contributed by atoms with Gasteiger partial charge in [-0.15, -0.1) is 0 Å². The second-order valence-corrected chi connectivity index (χ2v) is 4.97. The average molecular weight is 285 g/mol. The number of halogens is 2. The molecule has 1 aliphatic heterocycles. The lowest BCUT2D eigenvalue weighted by molar-refractivity contribution is -0.123. The van der Waals surface area contributed by atoms with Crippen LogP contribution in [0.5, 0.6) is 0 Å². The highest BCUT2D eigenvalue weighted by atomic mass is 35.5. The molecule has 19 heavy (non-hydrogen) atoms. The van der Waals surface area contributed by atoms with E-state index in [0.29, 0.717) is 13.0 Å². The highest BCUT2D eigenvalue weighted by molar-refractivity contribution is 6.31. The van der Waals surface area contributed by atoms with Crippen LogP contribution in [-0.4, -0.2) is 29.3 Å². The number of rotatable bonds is 2. The Kier molecular flexibility index (Phi) is 4.04. The highest BCUT2D eigenvalue weighted by Crippen LogP contribution is 2.22. The van der Waals surface area contributed by atoms with Gasteiger partial charge in [-0.25, -0.2) is 4.39 Å². The monoisotopic (exact) mass is 284 g/mol. The van der Waals surface area contributed by atoms with Crippen LogP contribution in [0.1, 0.15) is 29.6 Å². The zero-order valence-corrected chi connectivity index (χ0v) is 11.0. The zero-order chi connectivity index (χ0) is 14.0. The Morgan fingerprint density at radius 1 is 1.37 bits per heavy atom. The van der Waals surface area contributed by atoms with Gasteiger partial charge in [0.05, 0.1) is 5.56 Å². The Balaban J connectivity index is 2.31. The molecule has 4 nitrogen and oxygen atoms in total. The molecule has 0 aliphatic carbocycles. The van der Waals surface area contributed by atoms with Crippen LogP contribution in [0.25, 0.3) is 0 Å². The second kappa shape index (κ2) is 5.57. The van der Waals surface area contributed by atoms with Crippen LogP contribution in [0.15, 0.2) is 18.2 Å². The van der Waals surface area contributed by atoms with Gasteiger partial charge in [-0.2, -0.15) is 0 Å². The summed E-state index contributed by atoms with van der Waals surface area (Å²) >= 11 is 5.77. The smallest absolute Gasteiger partial charge is 0.257 e. The molecule has 102 valence electrons. The summed E-state index contributed by atoms with van der Waals surface area (Å²) in [5.74, 6) is -1.75. The predicted molar refractivity (Wildman–Crippen MR) is 69.3 cm³/mol. The Bertz CT molecular complexity index is 521. The van der Waals surface area contributed by atoms with Gasteiger partial charge >= 0.3 is 0 Å². The lowest BCUT2D eigenvalue weighted by atomic mass is 10.00. The second-order valence-electron chi connectivity index (χ2n) is 4.54. The number of piperidine rings is 1. The lowest BCUT2D eigenvalue weighted by Gasteiger charge is -2.33. The first-order valence-electron chi connectivity index (χ1n) is 6.06. The van der Waals surface area contributed by atoms with E-state index in [0.717, 1.165) is 18.9 Å². The molecule has 6 heteroatoms. The SMILES string of the molecule is NC(=O)C1CCCCN1C(=O)c1cc(Cl)ccc1F. The number of carbonyl (C=O) groups is 2. The fourth-order valence-electron chi connectivity index (χ4n) is 2.29. The molecule has 2 N–H and O–H groups in total. The highest BCUT2D eigenvalue weighted by Gasteiger charge is 2.32. The topological polar surface area (TPSA) is 63.4 Å². The van der Waals surface area contributed by atoms with E-state index in [2.05, 4.69) is 0 Å². The molecule has 1 aromatic rings. The summed E-state index contributed by atoms with van der Waals surface area (Å²) in [5, 5.41) is 0.275. The molecule has 0 aromatic heterocycles. The van der Waals surface area contributed by atoms with Crippen LogP contribution in [0.2, 0.25) is 5.02 Å². The van der Waals surface area contributed by atoms with Gasteiger partial charge in [0.15, 0.2) is 0 Å². The van der Waals surface area contributed by atoms with E-state index in [4.69, 9.17) is 17.3 Å². The Hall–Kier alpha value is -1.62. The minimum atomic E-state index is -0.667. The number of primary amides is 1. The summed E-state index contributed by atoms with van der Waals surface area (Å²) in [7, 11) is 0. The molecule has 2 amide bonds. The minimum Gasteiger partial charge on any atom is -0.368 e. The molecule has 1 atom stereocenters. The van der Waals surface area contributed by atoms with Gasteiger partial charge in [0.2, 0.25) is 5.91 Å². The molecule has 0 spiro atoms. The number of nitrogens with zero attached hydrogens (tertiary/aromatic N) is 1. The van der Waals surface area contributed by atoms with E-state index in [9.17, 15) is 14.0 Å². The Morgan fingerprint density at radius 2 is 2.11 bits per heavy atom. The molecule has 1 heterocycles. The Labute approximate surface area is 115 Å². The van der Waals surface area contributed by atoms with Crippen LogP contribution >= 0.6 is 11.6 Å². The van der Waals surface area contributed by atoms with Crippen molar-refractivity contribution in [1.29, 1.82) is 0 Å². The largest absolute Gasteiger partial charge is 0.368 e. The minimum absolute atomic E-state index is 0.124. The summed E-state index contributed by atoms with van der Waals surface area (Å²) in [6, 6.07) is 3.11. The van der Waals surface area contributed by atoms with Crippen molar-refractivity contribution in [2.75, 3.05) is 6.54 Å². The van der Waals surface area contributed by atoms with Crippen molar-refractivity contribution < 1.29 is 14.0 Å². The third-order valence-electron chi connectivity index (χ3n) is 3.25. The van der Waals surface area contributed by atoms with E-state index < -0.39 is 23.7 Å². The molecule has 1 saturated heterocycles. The summed E-state index contributed by atoms with van der Waals surface area (Å²) in [4.78, 5) is 25.0. The van der Waals surface area contributed by atoms with Crippen molar-refractivity contribution in [1.82, 2.24) is 4.90 Å². The number of hydrogen-bond acceptors (Lipinski definition) is 2. The van der Waals surface area contributed by atoms with Crippen molar-refractivity contribution in [3.63, 3.8) is 0 Å². The summed E-state index contributed by atoms with van der Waals surface area (Å²) in [6.45, 7) is 0.401. The third-order valence-corrected chi connectivity index (χ3v) is 3.49. The van der Waals surface area contributed by atoms with Crippen molar-refractivity contribution in [3.05, 3.63) is 34.6 Å². The van der Waals surface area contributed by atoms with E-state index >= 15 is 0 Å². The predicted octanol–water partition coefficient (Wildman–Crippen LogP) is 1.96. The lowest BCUT2D eigenvalue weighted by Crippen LogP contribution is -2.50. The van der Waals surface area contributed by atoms with Gasteiger partial charge < -0.3 is 10.6 Å². The molecule has 1 aliphatic rings. The van der Waals surface area contributed by atoms with Gasteiger partial charge in [0.1, 0.15) is 11.9 Å². The molecular weight excluding hydrogens is 271 g/mol. The fraction of sp³-hybridized carbons (Fsp3) is 0.385. The maximum atomic E-state index is 13.7. The first-order valence-corrected chi connectivity index (χ1v) is 6.44. The Morgan fingerprint density at radius 3 is 2.79 bits per heavy atom. The van der Waals surface area contributed by atoms with Gasteiger partial charge in [-0.05, 0) is 37.5 Å². The first kappa shape index (κ1) is 13.8. The molecular formula is C13H14ClFN2O2. The molecule has 0 radical (unpaired) electrons. The van der Waals surface area contributed by atoms with E-state index in [1.165, 1.54) is 17.0 Å². The van der Waals surface area contributed by atoms with E-state index in [1.54, 1.807) is 0 Å². The number of hydrogen-bond donors (Lipinski definition) is 1. The van der Waals surface area contributed by atoms with Gasteiger partial charge in [-0.1, -0.05) is 11.6 Å². The van der Waals surface area contributed by atoms with Crippen molar-refractivity contribution in [3.8, 4) is 0 Å². The van der Waals surface area contributed by atoms with Crippen LogP contribution in [0.3, 0.4) is 0 Å². The summed E-state index contributed by atoms with van der Waals surface area (Å²) in [5.41, 5.74) is 5.16. The average Bonchev–Trinajstić information content (AvgIpc) is 2.40. The molecule has 1 fully saturated rings. The van der Waals surface area contributed by atoms with Crippen molar-refractivity contribution >= 4 is 23.4 Å². The third kappa shape index (κ3) is 2.87. The van der Waals surface area contributed by atoms with Crippen LogP contribution in [-0.2, 0) is 4.79 Å². The normalized spacial score (nSPS) is 19.3. The zero-order valence-electron chi connectivity index (χ0n) is 10.2. The van der Waals surface area contributed by atoms with Gasteiger partial charge in [0, 0.05) is 11.6 Å². The number of amides is 2. The maximum absolute atomic E-state index is 13.7. The number of carbonyl (C=O) groups excluding carboxylic acids is 2. The standard InChI is InChI=1S/C13H14ClFN2O2/c14-8-4-5-10(15)9(7-8)13(19)17-6-2-1-3-11(17)12(16)18/h4-5,7,11H,1-3,6H2,(H2,16,18). The van der Waals surface area contributed by atoms with Gasteiger partial charge in [-0.3, -0.25) is 9.59 Å². The molecule has 1 unspecified atom stereocenters. The fourth-order valence-corrected chi connectivity index (χ4v) is 2.46. The molecule has 0 saturated carbocycles. The van der Waals surface area contributed by atoms with Crippen LogP contribution < -0.4 is 5.73 Å². The van der Waals surface area contributed by atoms with Gasteiger partial charge in [0.25, 0.3) is 5.91 Å². The first-order chi connectivity index (χ1) is 9.00. The molecule has 1 aromatic carbocycles. The van der Waals surface area contributed by atoms with Crippen molar-refractivity contribution in [2.24, 2.45) is 5.73 Å².